The SMILES string of the molecule is CCC1CCCCN1CCNC(=O)C(C)CNC.Cl.Cl. The van der Waals surface area contributed by atoms with Crippen molar-refractivity contribution >= 4 is 30.7 Å². The molecular formula is C14H31Cl2N3O. The molecule has 1 amide bonds. The predicted octanol–water partition coefficient (Wildman–Crippen LogP) is 2.07. The minimum atomic E-state index is 0. The molecule has 0 aromatic carbocycles. The zero-order valence-electron chi connectivity index (χ0n) is 13.0. The Morgan fingerprint density at radius 1 is 1.35 bits per heavy atom. The number of hydrogen-bond donors (Lipinski definition) is 2. The van der Waals surface area contributed by atoms with Crippen molar-refractivity contribution in [1.29, 1.82) is 0 Å². The highest BCUT2D eigenvalue weighted by molar-refractivity contribution is 5.85. The third kappa shape index (κ3) is 7.67. The van der Waals surface area contributed by atoms with Crippen molar-refractivity contribution in [1.82, 2.24) is 15.5 Å². The minimum Gasteiger partial charge on any atom is -0.355 e. The van der Waals surface area contributed by atoms with Crippen LogP contribution in [0, 0.1) is 5.92 Å². The maximum Gasteiger partial charge on any atom is 0.224 e. The van der Waals surface area contributed by atoms with E-state index in [0.717, 1.165) is 25.7 Å². The summed E-state index contributed by atoms with van der Waals surface area (Å²) in [6.07, 6.45) is 5.21. The van der Waals surface area contributed by atoms with Crippen molar-refractivity contribution in [2.45, 2.75) is 45.6 Å². The number of nitrogens with zero attached hydrogens (tertiary/aromatic N) is 1. The lowest BCUT2D eigenvalue weighted by Gasteiger charge is -2.35. The maximum absolute atomic E-state index is 11.8. The van der Waals surface area contributed by atoms with E-state index in [2.05, 4.69) is 22.5 Å². The fraction of sp³-hybridized carbons (Fsp3) is 0.929. The fourth-order valence-corrected chi connectivity index (χ4v) is 2.71. The van der Waals surface area contributed by atoms with Crippen molar-refractivity contribution in [3.8, 4) is 0 Å². The van der Waals surface area contributed by atoms with Crippen LogP contribution in [0.4, 0.5) is 0 Å². The second kappa shape index (κ2) is 12.7. The third-order valence-electron chi connectivity index (χ3n) is 3.88. The van der Waals surface area contributed by atoms with Crippen LogP contribution < -0.4 is 10.6 Å². The van der Waals surface area contributed by atoms with Crippen LogP contribution in [0.2, 0.25) is 0 Å². The summed E-state index contributed by atoms with van der Waals surface area (Å²) in [6, 6.07) is 0.727. The monoisotopic (exact) mass is 327 g/mol. The molecule has 0 radical (unpaired) electrons. The average Bonchev–Trinajstić information content (AvgIpc) is 2.39. The summed E-state index contributed by atoms with van der Waals surface area (Å²) in [4.78, 5) is 14.3. The van der Waals surface area contributed by atoms with E-state index < -0.39 is 0 Å². The molecule has 0 bridgehead atoms. The highest BCUT2D eigenvalue weighted by Gasteiger charge is 2.20. The zero-order chi connectivity index (χ0) is 13.4. The number of piperidine rings is 1. The fourth-order valence-electron chi connectivity index (χ4n) is 2.71. The van der Waals surface area contributed by atoms with E-state index in [1.807, 2.05) is 14.0 Å². The smallest absolute Gasteiger partial charge is 0.224 e. The number of carbonyl (C=O) groups is 1. The van der Waals surface area contributed by atoms with Gasteiger partial charge in [0.15, 0.2) is 0 Å². The van der Waals surface area contributed by atoms with Crippen LogP contribution in [0.3, 0.4) is 0 Å². The van der Waals surface area contributed by atoms with Gasteiger partial charge in [0.1, 0.15) is 0 Å². The summed E-state index contributed by atoms with van der Waals surface area (Å²) in [5.41, 5.74) is 0. The van der Waals surface area contributed by atoms with E-state index in [-0.39, 0.29) is 36.6 Å². The van der Waals surface area contributed by atoms with Gasteiger partial charge in [0.05, 0.1) is 0 Å². The third-order valence-corrected chi connectivity index (χ3v) is 3.88. The molecule has 0 aromatic heterocycles. The molecule has 0 aliphatic carbocycles. The van der Waals surface area contributed by atoms with E-state index in [0.29, 0.717) is 0 Å². The molecule has 2 unspecified atom stereocenters. The average molecular weight is 328 g/mol. The molecule has 0 aromatic rings. The topological polar surface area (TPSA) is 44.4 Å². The molecule has 1 aliphatic rings. The van der Waals surface area contributed by atoms with Crippen LogP contribution >= 0.6 is 24.8 Å². The number of likely N-dealkylation sites (tertiary alicyclic amines) is 1. The number of carbonyl (C=O) groups excluding carboxylic acids is 1. The van der Waals surface area contributed by atoms with Gasteiger partial charge in [0.25, 0.3) is 0 Å². The summed E-state index contributed by atoms with van der Waals surface area (Å²) >= 11 is 0. The highest BCUT2D eigenvalue weighted by Crippen LogP contribution is 2.18. The first-order valence-electron chi connectivity index (χ1n) is 7.35. The van der Waals surface area contributed by atoms with Gasteiger partial charge >= 0.3 is 0 Å². The molecule has 2 N–H and O–H groups in total. The molecular weight excluding hydrogens is 297 g/mol. The van der Waals surface area contributed by atoms with Gasteiger partial charge in [-0.2, -0.15) is 0 Å². The molecule has 2 atom stereocenters. The summed E-state index contributed by atoms with van der Waals surface area (Å²) < 4.78 is 0. The second-order valence-corrected chi connectivity index (χ2v) is 5.34. The van der Waals surface area contributed by atoms with Crippen LogP contribution in [-0.4, -0.2) is 50.1 Å². The number of hydrogen-bond acceptors (Lipinski definition) is 3. The van der Waals surface area contributed by atoms with E-state index in [1.54, 1.807) is 0 Å². The van der Waals surface area contributed by atoms with Crippen LogP contribution in [0.25, 0.3) is 0 Å². The number of rotatable bonds is 7. The second-order valence-electron chi connectivity index (χ2n) is 5.34. The zero-order valence-corrected chi connectivity index (χ0v) is 14.6. The molecule has 1 saturated heterocycles. The number of nitrogens with one attached hydrogen (secondary N) is 2. The van der Waals surface area contributed by atoms with Gasteiger partial charge in [-0.25, -0.2) is 0 Å². The van der Waals surface area contributed by atoms with Crippen molar-refractivity contribution in [3.63, 3.8) is 0 Å². The van der Waals surface area contributed by atoms with Crippen molar-refractivity contribution in [2.75, 3.05) is 33.2 Å². The first kappa shape index (κ1) is 22.3. The van der Waals surface area contributed by atoms with Gasteiger partial charge in [0.2, 0.25) is 5.91 Å². The Labute approximate surface area is 136 Å². The lowest BCUT2D eigenvalue weighted by atomic mass is 10.0. The summed E-state index contributed by atoms with van der Waals surface area (Å²) in [7, 11) is 1.88. The molecule has 0 saturated carbocycles. The summed E-state index contributed by atoms with van der Waals surface area (Å²) in [5, 5.41) is 6.07. The highest BCUT2D eigenvalue weighted by atomic mass is 35.5. The van der Waals surface area contributed by atoms with Gasteiger partial charge in [-0.15, -0.1) is 24.8 Å². The van der Waals surface area contributed by atoms with E-state index in [4.69, 9.17) is 0 Å². The lowest BCUT2D eigenvalue weighted by Crippen LogP contribution is -2.44. The van der Waals surface area contributed by atoms with Gasteiger partial charge < -0.3 is 10.6 Å². The van der Waals surface area contributed by atoms with E-state index in [1.165, 1.54) is 32.2 Å². The summed E-state index contributed by atoms with van der Waals surface area (Å²) in [6.45, 7) is 7.94. The molecule has 1 fully saturated rings. The minimum absolute atomic E-state index is 0. The normalized spacial score (nSPS) is 20.4. The Morgan fingerprint density at radius 3 is 2.65 bits per heavy atom. The molecule has 20 heavy (non-hydrogen) atoms. The Morgan fingerprint density at radius 2 is 2.05 bits per heavy atom. The number of halogens is 2. The molecule has 0 spiro atoms. The molecule has 1 heterocycles. The molecule has 122 valence electrons. The van der Waals surface area contributed by atoms with Crippen LogP contribution in [0.15, 0.2) is 0 Å². The molecule has 4 nitrogen and oxygen atoms in total. The predicted molar refractivity (Wildman–Crippen MR) is 90.1 cm³/mol. The van der Waals surface area contributed by atoms with Gasteiger partial charge in [-0.1, -0.05) is 20.3 Å². The van der Waals surface area contributed by atoms with Gasteiger partial charge in [-0.05, 0) is 32.9 Å². The Kier molecular flexibility index (Phi) is 14.1. The first-order chi connectivity index (χ1) is 8.69. The number of amides is 1. The molecule has 1 aliphatic heterocycles. The maximum atomic E-state index is 11.8. The van der Waals surface area contributed by atoms with Crippen LogP contribution in [0.5, 0.6) is 0 Å². The van der Waals surface area contributed by atoms with Gasteiger partial charge in [-0.3, -0.25) is 9.69 Å². The van der Waals surface area contributed by atoms with Crippen molar-refractivity contribution in [3.05, 3.63) is 0 Å². The van der Waals surface area contributed by atoms with Crippen molar-refractivity contribution < 1.29 is 4.79 Å². The lowest BCUT2D eigenvalue weighted by molar-refractivity contribution is -0.124. The van der Waals surface area contributed by atoms with Crippen LogP contribution in [0.1, 0.15) is 39.5 Å². The van der Waals surface area contributed by atoms with E-state index >= 15 is 0 Å². The van der Waals surface area contributed by atoms with E-state index in [9.17, 15) is 4.79 Å². The standard InChI is InChI=1S/C14H29N3O.2ClH/c1-4-13-7-5-6-9-17(13)10-8-16-14(18)12(2)11-15-3;;/h12-13,15H,4-11H2,1-3H3,(H,16,18);2*1H. The largest absolute Gasteiger partial charge is 0.355 e. The summed E-state index contributed by atoms with van der Waals surface area (Å²) in [5.74, 6) is 0.215. The van der Waals surface area contributed by atoms with Crippen molar-refractivity contribution in [2.24, 2.45) is 5.92 Å². The first-order valence-corrected chi connectivity index (χ1v) is 7.35. The Balaban J connectivity index is 0. The molecule has 1 rings (SSSR count). The Hall–Kier alpha value is -0.0300. The van der Waals surface area contributed by atoms with Gasteiger partial charge in [0, 0.05) is 31.6 Å². The quantitative estimate of drug-likeness (QED) is 0.752. The molecule has 6 heteroatoms. The van der Waals surface area contributed by atoms with Crippen LogP contribution in [-0.2, 0) is 4.79 Å². The Bertz CT molecular complexity index is 255.